The van der Waals surface area contributed by atoms with E-state index < -0.39 is 0 Å². The summed E-state index contributed by atoms with van der Waals surface area (Å²) in [6.07, 6.45) is 0. The van der Waals surface area contributed by atoms with Crippen LogP contribution in [0.2, 0.25) is 5.02 Å². The lowest BCUT2D eigenvalue weighted by atomic mass is 10.1. The first-order valence-corrected chi connectivity index (χ1v) is 6.09. The van der Waals surface area contributed by atoms with E-state index in [-0.39, 0.29) is 6.04 Å². The summed E-state index contributed by atoms with van der Waals surface area (Å²) in [7, 11) is 0. The minimum absolute atomic E-state index is 0.122. The van der Waals surface area contributed by atoms with Crippen molar-refractivity contribution in [2.45, 2.75) is 13.0 Å². The molecule has 2 rings (SSSR count). The molecule has 1 N–H and O–H groups in total. The van der Waals surface area contributed by atoms with Crippen LogP contribution in [0.5, 0.6) is 0 Å². The second kappa shape index (κ2) is 5.57. The highest BCUT2D eigenvalue weighted by molar-refractivity contribution is 6.30. The van der Waals surface area contributed by atoms with Gasteiger partial charge in [-0.05, 0) is 42.8 Å². The zero-order valence-electron chi connectivity index (χ0n) is 10.0. The number of nitriles is 1. The Labute approximate surface area is 112 Å². The van der Waals surface area contributed by atoms with E-state index in [0.29, 0.717) is 10.6 Å². The molecule has 0 amide bonds. The summed E-state index contributed by atoms with van der Waals surface area (Å²) in [5.41, 5.74) is 2.72. The zero-order valence-corrected chi connectivity index (χ0v) is 10.8. The molecule has 0 fully saturated rings. The number of halogens is 1. The monoisotopic (exact) mass is 256 g/mol. The Bertz CT molecular complexity index is 587. The van der Waals surface area contributed by atoms with Crippen LogP contribution in [0.15, 0.2) is 48.5 Å². The molecule has 0 bridgehead atoms. The van der Waals surface area contributed by atoms with Crippen molar-refractivity contribution in [3.63, 3.8) is 0 Å². The molecule has 0 spiro atoms. The van der Waals surface area contributed by atoms with Gasteiger partial charge in [0.25, 0.3) is 0 Å². The standard InChI is InChI=1S/C15H13ClN2/c1-11(13-5-2-4-12(8-13)10-17)18-15-7-3-6-14(16)9-15/h2-9,11,18H,1H3. The zero-order chi connectivity index (χ0) is 13.0. The molecule has 0 aliphatic rings. The van der Waals surface area contributed by atoms with Crippen LogP contribution in [0.3, 0.4) is 0 Å². The molecule has 3 heteroatoms. The topological polar surface area (TPSA) is 35.8 Å². The van der Waals surface area contributed by atoms with E-state index in [4.69, 9.17) is 16.9 Å². The lowest BCUT2D eigenvalue weighted by Crippen LogP contribution is -2.06. The number of nitrogens with one attached hydrogen (secondary N) is 1. The van der Waals surface area contributed by atoms with E-state index in [1.54, 1.807) is 6.07 Å². The summed E-state index contributed by atoms with van der Waals surface area (Å²) in [6.45, 7) is 2.05. The van der Waals surface area contributed by atoms with Crippen molar-refractivity contribution in [1.29, 1.82) is 5.26 Å². The number of anilines is 1. The minimum atomic E-state index is 0.122. The van der Waals surface area contributed by atoms with Crippen LogP contribution in [0.1, 0.15) is 24.1 Å². The molecule has 0 saturated heterocycles. The van der Waals surface area contributed by atoms with Crippen LogP contribution in [0, 0.1) is 11.3 Å². The van der Waals surface area contributed by atoms with Gasteiger partial charge in [-0.25, -0.2) is 0 Å². The molecule has 0 heterocycles. The fourth-order valence-corrected chi connectivity index (χ4v) is 1.98. The quantitative estimate of drug-likeness (QED) is 0.884. The Morgan fingerprint density at radius 3 is 2.67 bits per heavy atom. The van der Waals surface area contributed by atoms with Crippen LogP contribution in [0.25, 0.3) is 0 Å². The molecule has 0 saturated carbocycles. The summed E-state index contributed by atoms with van der Waals surface area (Å²) in [6, 6.07) is 17.5. The normalized spacial score (nSPS) is 11.6. The third kappa shape index (κ3) is 3.03. The Morgan fingerprint density at radius 1 is 1.17 bits per heavy atom. The average Bonchev–Trinajstić information content (AvgIpc) is 2.39. The Kier molecular flexibility index (Phi) is 3.86. The van der Waals surface area contributed by atoms with Crippen molar-refractivity contribution in [1.82, 2.24) is 0 Å². The first-order valence-electron chi connectivity index (χ1n) is 5.71. The van der Waals surface area contributed by atoms with Crippen LogP contribution in [-0.2, 0) is 0 Å². The summed E-state index contributed by atoms with van der Waals surface area (Å²) in [5, 5.41) is 12.9. The van der Waals surface area contributed by atoms with Gasteiger partial charge >= 0.3 is 0 Å². The maximum absolute atomic E-state index is 8.88. The van der Waals surface area contributed by atoms with Crippen LogP contribution >= 0.6 is 11.6 Å². The molecule has 1 unspecified atom stereocenters. The van der Waals surface area contributed by atoms with E-state index in [1.807, 2.05) is 42.5 Å². The summed E-state index contributed by atoms with van der Waals surface area (Å²) < 4.78 is 0. The molecule has 0 radical (unpaired) electrons. The predicted molar refractivity (Wildman–Crippen MR) is 74.6 cm³/mol. The highest BCUT2D eigenvalue weighted by Crippen LogP contribution is 2.22. The Hall–Kier alpha value is -1.98. The highest BCUT2D eigenvalue weighted by Gasteiger charge is 2.06. The van der Waals surface area contributed by atoms with Crippen molar-refractivity contribution in [3.05, 3.63) is 64.7 Å². The second-order valence-corrected chi connectivity index (χ2v) is 4.55. The molecule has 1 atom stereocenters. The van der Waals surface area contributed by atoms with Gasteiger partial charge in [0.05, 0.1) is 11.6 Å². The van der Waals surface area contributed by atoms with Gasteiger partial charge in [-0.3, -0.25) is 0 Å². The van der Waals surface area contributed by atoms with Crippen LogP contribution in [-0.4, -0.2) is 0 Å². The SMILES string of the molecule is CC(Nc1cccc(Cl)c1)c1cccc(C#N)c1. The molecule has 2 aromatic rings. The van der Waals surface area contributed by atoms with Gasteiger partial charge in [-0.15, -0.1) is 0 Å². The second-order valence-electron chi connectivity index (χ2n) is 4.11. The van der Waals surface area contributed by atoms with E-state index >= 15 is 0 Å². The van der Waals surface area contributed by atoms with Gasteiger partial charge < -0.3 is 5.32 Å². The first kappa shape index (κ1) is 12.5. The molecule has 18 heavy (non-hydrogen) atoms. The maximum Gasteiger partial charge on any atom is 0.0991 e. The van der Waals surface area contributed by atoms with Crippen molar-refractivity contribution in [3.8, 4) is 6.07 Å². The summed E-state index contributed by atoms with van der Waals surface area (Å²) in [5.74, 6) is 0. The number of hydrogen-bond acceptors (Lipinski definition) is 2. The van der Waals surface area contributed by atoms with E-state index in [2.05, 4.69) is 18.3 Å². The molecule has 2 nitrogen and oxygen atoms in total. The third-order valence-corrected chi connectivity index (χ3v) is 2.96. The highest BCUT2D eigenvalue weighted by atomic mass is 35.5. The average molecular weight is 257 g/mol. The molecule has 90 valence electrons. The Balaban J connectivity index is 2.17. The van der Waals surface area contributed by atoms with E-state index in [1.165, 1.54) is 0 Å². The minimum Gasteiger partial charge on any atom is -0.378 e. The predicted octanol–water partition coefficient (Wildman–Crippen LogP) is 4.38. The third-order valence-electron chi connectivity index (χ3n) is 2.72. The number of benzene rings is 2. The molecule has 0 aliphatic heterocycles. The smallest absolute Gasteiger partial charge is 0.0991 e. The number of nitrogens with zero attached hydrogens (tertiary/aromatic N) is 1. The molecule has 0 aromatic heterocycles. The summed E-state index contributed by atoms with van der Waals surface area (Å²) >= 11 is 5.94. The van der Waals surface area contributed by atoms with Gasteiger partial charge in [-0.2, -0.15) is 5.26 Å². The van der Waals surface area contributed by atoms with Crippen LogP contribution < -0.4 is 5.32 Å². The van der Waals surface area contributed by atoms with E-state index in [0.717, 1.165) is 11.3 Å². The van der Waals surface area contributed by atoms with Crippen LogP contribution in [0.4, 0.5) is 5.69 Å². The summed E-state index contributed by atoms with van der Waals surface area (Å²) in [4.78, 5) is 0. The fraction of sp³-hybridized carbons (Fsp3) is 0.133. The Morgan fingerprint density at radius 2 is 1.94 bits per heavy atom. The van der Waals surface area contributed by atoms with E-state index in [9.17, 15) is 0 Å². The van der Waals surface area contributed by atoms with Gasteiger partial charge in [0.15, 0.2) is 0 Å². The molecular formula is C15H13ClN2. The first-order chi connectivity index (χ1) is 8.69. The largest absolute Gasteiger partial charge is 0.378 e. The van der Waals surface area contributed by atoms with Gasteiger partial charge in [0.1, 0.15) is 0 Å². The van der Waals surface area contributed by atoms with Gasteiger partial charge in [-0.1, -0.05) is 29.8 Å². The van der Waals surface area contributed by atoms with Gasteiger partial charge in [0.2, 0.25) is 0 Å². The maximum atomic E-state index is 8.88. The lowest BCUT2D eigenvalue weighted by molar-refractivity contribution is 0.884. The number of hydrogen-bond donors (Lipinski definition) is 1. The number of rotatable bonds is 3. The van der Waals surface area contributed by atoms with Crippen molar-refractivity contribution < 1.29 is 0 Å². The van der Waals surface area contributed by atoms with Crippen molar-refractivity contribution in [2.24, 2.45) is 0 Å². The lowest BCUT2D eigenvalue weighted by Gasteiger charge is -2.16. The van der Waals surface area contributed by atoms with Crippen molar-refractivity contribution >= 4 is 17.3 Å². The molecular weight excluding hydrogens is 244 g/mol. The fourth-order valence-electron chi connectivity index (χ4n) is 1.79. The van der Waals surface area contributed by atoms with Crippen molar-refractivity contribution in [2.75, 3.05) is 5.32 Å². The van der Waals surface area contributed by atoms with Gasteiger partial charge in [0, 0.05) is 16.8 Å². The molecule has 2 aromatic carbocycles. The molecule has 0 aliphatic carbocycles.